The molecule has 2 aromatic carbocycles. The maximum absolute atomic E-state index is 12.3. The highest BCUT2D eigenvalue weighted by molar-refractivity contribution is 5.95. The molecule has 0 saturated heterocycles. The molecule has 0 aliphatic heterocycles. The number of nitro benzene ring substituents is 1. The summed E-state index contributed by atoms with van der Waals surface area (Å²) in [5.74, 6) is -0.0331. The van der Waals surface area contributed by atoms with E-state index in [4.69, 9.17) is 4.74 Å². The normalized spacial score (nSPS) is 10.6. The van der Waals surface area contributed by atoms with Crippen LogP contribution in [0.25, 0.3) is 0 Å². The summed E-state index contributed by atoms with van der Waals surface area (Å²) in [6.45, 7) is 7.00. The van der Waals surface area contributed by atoms with Crippen LogP contribution in [0.4, 0.5) is 17.1 Å². The van der Waals surface area contributed by atoms with E-state index in [0.717, 1.165) is 30.9 Å². The number of nitrogens with zero attached hydrogens (tertiary/aromatic N) is 2. The van der Waals surface area contributed by atoms with Gasteiger partial charge in [0.05, 0.1) is 30.3 Å². The fraction of sp³-hybridized carbons (Fsp3) is 0.350. The molecule has 0 fully saturated rings. The lowest BCUT2D eigenvalue weighted by molar-refractivity contribution is -0.384. The fourth-order valence-corrected chi connectivity index (χ4v) is 2.79. The summed E-state index contributed by atoms with van der Waals surface area (Å²) >= 11 is 0. The number of rotatable bonds is 10. The zero-order valence-electron chi connectivity index (χ0n) is 16.4. The Balaban J connectivity index is 2.03. The Morgan fingerprint density at radius 1 is 1.14 bits per heavy atom. The number of hydrogen-bond donors (Lipinski definition) is 2. The van der Waals surface area contributed by atoms with Crippen molar-refractivity contribution in [3.05, 3.63) is 58.1 Å². The first kappa shape index (κ1) is 21.2. The van der Waals surface area contributed by atoms with Crippen molar-refractivity contribution in [2.24, 2.45) is 0 Å². The van der Waals surface area contributed by atoms with Crippen molar-refractivity contribution in [3.63, 3.8) is 0 Å². The van der Waals surface area contributed by atoms with E-state index < -0.39 is 4.92 Å². The minimum Gasteiger partial charge on any atom is -0.494 e. The van der Waals surface area contributed by atoms with E-state index in [1.807, 2.05) is 24.3 Å². The quantitative estimate of drug-likeness (QED) is 0.479. The maximum atomic E-state index is 12.3. The third-order valence-corrected chi connectivity index (χ3v) is 4.42. The summed E-state index contributed by atoms with van der Waals surface area (Å²) in [5, 5.41) is 16.8. The smallest absolute Gasteiger partial charge is 0.273 e. The van der Waals surface area contributed by atoms with E-state index in [1.54, 1.807) is 0 Å². The molecule has 0 unspecified atom stereocenters. The third-order valence-electron chi connectivity index (χ3n) is 4.42. The minimum absolute atomic E-state index is 0.0649. The molecule has 0 saturated carbocycles. The van der Waals surface area contributed by atoms with Crippen LogP contribution in [0.1, 0.15) is 19.4 Å². The van der Waals surface area contributed by atoms with Crippen LogP contribution in [0, 0.1) is 10.1 Å². The molecule has 2 aromatic rings. The van der Waals surface area contributed by atoms with Gasteiger partial charge in [0.15, 0.2) is 0 Å². The van der Waals surface area contributed by atoms with Gasteiger partial charge >= 0.3 is 0 Å². The highest BCUT2D eigenvalue weighted by Gasteiger charge is 2.14. The van der Waals surface area contributed by atoms with Crippen LogP contribution in [0.2, 0.25) is 0 Å². The van der Waals surface area contributed by atoms with Crippen molar-refractivity contribution in [2.45, 2.75) is 20.4 Å². The number of nitrogens with one attached hydrogen (secondary N) is 2. The first-order chi connectivity index (χ1) is 13.5. The van der Waals surface area contributed by atoms with Crippen LogP contribution >= 0.6 is 0 Å². The Morgan fingerprint density at radius 3 is 2.50 bits per heavy atom. The van der Waals surface area contributed by atoms with Crippen molar-refractivity contribution in [2.75, 3.05) is 37.4 Å². The number of non-ortho nitro benzene ring substituents is 1. The zero-order chi connectivity index (χ0) is 20.5. The second-order valence-electron chi connectivity index (χ2n) is 6.16. The van der Waals surface area contributed by atoms with Gasteiger partial charge in [-0.05, 0) is 30.8 Å². The second kappa shape index (κ2) is 10.3. The van der Waals surface area contributed by atoms with Gasteiger partial charge in [-0.3, -0.25) is 19.8 Å². The van der Waals surface area contributed by atoms with Crippen LogP contribution in [-0.2, 0) is 11.3 Å². The van der Waals surface area contributed by atoms with Gasteiger partial charge in [-0.1, -0.05) is 32.0 Å². The van der Waals surface area contributed by atoms with Gasteiger partial charge in [-0.2, -0.15) is 0 Å². The standard InChI is InChI=1S/C20H26N4O4/c1-4-23(5-2)14-15-8-6-7-9-17(15)21-13-20(25)22-18-11-10-16(24(26)27)12-19(18)28-3/h6-12,21H,4-5,13-14H2,1-3H3,(H,22,25). The molecule has 0 atom stereocenters. The number of hydrogen-bond acceptors (Lipinski definition) is 6. The van der Waals surface area contributed by atoms with Crippen LogP contribution in [0.3, 0.4) is 0 Å². The topological polar surface area (TPSA) is 96.7 Å². The molecule has 0 heterocycles. The minimum atomic E-state index is -0.511. The molecule has 0 aromatic heterocycles. The van der Waals surface area contributed by atoms with Gasteiger partial charge in [-0.15, -0.1) is 0 Å². The monoisotopic (exact) mass is 386 g/mol. The highest BCUT2D eigenvalue weighted by atomic mass is 16.6. The molecule has 0 radical (unpaired) electrons. The largest absolute Gasteiger partial charge is 0.494 e. The fourth-order valence-electron chi connectivity index (χ4n) is 2.79. The molecule has 0 aliphatic carbocycles. The van der Waals surface area contributed by atoms with Crippen molar-refractivity contribution in [1.82, 2.24) is 4.90 Å². The Morgan fingerprint density at radius 2 is 1.86 bits per heavy atom. The third kappa shape index (κ3) is 5.68. The molecule has 0 aliphatic rings. The van der Waals surface area contributed by atoms with E-state index in [1.165, 1.54) is 25.3 Å². The van der Waals surface area contributed by atoms with E-state index in [0.29, 0.717) is 5.69 Å². The highest BCUT2D eigenvalue weighted by Crippen LogP contribution is 2.29. The predicted octanol–water partition coefficient (Wildman–Crippen LogP) is 3.50. The second-order valence-corrected chi connectivity index (χ2v) is 6.16. The average molecular weight is 386 g/mol. The number of anilines is 2. The van der Waals surface area contributed by atoms with Gasteiger partial charge in [0.2, 0.25) is 5.91 Å². The molecule has 0 spiro atoms. The zero-order valence-corrected chi connectivity index (χ0v) is 16.4. The first-order valence-corrected chi connectivity index (χ1v) is 9.14. The lowest BCUT2D eigenvalue weighted by atomic mass is 10.1. The number of methoxy groups -OCH3 is 1. The number of benzene rings is 2. The van der Waals surface area contributed by atoms with Gasteiger partial charge in [0.25, 0.3) is 5.69 Å². The lowest BCUT2D eigenvalue weighted by Gasteiger charge is -2.20. The maximum Gasteiger partial charge on any atom is 0.273 e. The van der Waals surface area contributed by atoms with Gasteiger partial charge in [0.1, 0.15) is 5.75 Å². The molecule has 2 rings (SSSR count). The average Bonchev–Trinajstić information content (AvgIpc) is 2.71. The Bertz CT molecular complexity index is 822. The first-order valence-electron chi connectivity index (χ1n) is 9.14. The van der Waals surface area contributed by atoms with Crippen molar-refractivity contribution < 1.29 is 14.5 Å². The molecule has 2 N–H and O–H groups in total. The van der Waals surface area contributed by atoms with Gasteiger partial charge in [0, 0.05) is 18.3 Å². The summed E-state index contributed by atoms with van der Waals surface area (Å²) in [6, 6.07) is 11.9. The summed E-state index contributed by atoms with van der Waals surface area (Å²) in [7, 11) is 1.40. The van der Waals surface area contributed by atoms with Crippen LogP contribution in [0.15, 0.2) is 42.5 Å². The SMILES string of the molecule is CCN(CC)Cc1ccccc1NCC(=O)Nc1ccc([N+](=O)[O-])cc1OC. The molecular weight excluding hydrogens is 360 g/mol. The molecular formula is C20H26N4O4. The lowest BCUT2D eigenvalue weighted by Crippen LogP contribution is -2.25. The number of amides is 1. The number of ether oxygens (including phenoxy) is 1. The molecule has 150 valence electrons. The Labute approximate surface area is 164 Å². The van der Waals surface area contributed by atoms with E-state index in [-0.39, 0.29) is 23.9 Å². The molecule has 8 nitrogen and oxygen atoms in total. The van der Waals surface area contributed by atoms with E-state index >= 15 is 0 Å². The van der Waals surface area contributed by atoms with Crippen LogP contribution < -0.4 is 15.4 Å². The summed E-state index contributed by atoms with van der Waals surface area (Å²) < 4.78 is 5.14. The van der Waals surface area contributed by atoms with Gasteiger partial charge < -0.3 is 15.4 Å². The predicted molar refractivity (Wildman–Crippen MR) is 110 cm³/mol. The summed E-state index contributed by atoms with van der Waals surface area (Å²) in [4.78, 5) is 25.0. The molecule has 1 amide bonds. The number of carbonyl (C=O) groups is 1. The van der Waals surface area contributed by atoms with Crippen molar-refractivity contribution >= 4 is 23.0 Å². The summed E-state index contributed by atoms with van der Waals surface area (Å²) in [6.07, 6.45) is 0. The Hall–Kier alpha value is -3.13. The van der Waals surface area contributed by atoms with Crippen LogP contribution in [0.5, 0.6) is 5.75 Å². The van der Waals surface area contributed by atoms with Crippen molar-refractivity contribution in [1.29, 1.82) is 0 Å². The number of nitro groups is 1. The molecule has 28 heavy (non-hydrogen) atoms. The van der Waals surface area contributed by atoms with Gasteiger partial charge in [-0.25, -0.2) is 0 Å². The molecule has 0 bridgehead atoms. The summed E-state index contributed by atoms with van der Waals surface area (Å²) in [5.41, 5.74) is 2.31. The number of para-hydroxylation sites is 1. The Kier molecular flexibility index (Phi) is 7.76. The van der Waals surface area contributed by atoms with Crippen molar-refractivity contribution in [3.8, 4) is 5.75 Å². The van der Waals surface area contributed by atoms with E-state index in [2.05, 4.69) is 29.4 Å². The van der Waals surface area contributed by atoms with Crippen LogP contribution in [-0.4, -0.2) is 42.5 Å². The molecule has 8 heteroatoms. The number of carbonyl (C=O) groups excluding carboxylic acids is 1. The van der Waals surface area contributed by atoms with E-state index in [9.17, 15) is 14.9 Å².